The van der Waals surface area contributed by atoms with E-state index in [-0.39, 0.29) is 5.91 Å². The highest BCUT2D eigenvalue weighted by Gasteiger charge is 2.00. The van der Waals surface area contributed by atoms with Crippen LogP contribution in [0.5, 0.6) is 0 Å². The third-order valence-corrected chi connectivity index (χ3v) is 1.99. The van der Waals surface area contributed by atoms with E-state index in [0.717, 1.165) is 25.1 Å². The Morgan fingerprint density at radius 1 is 1.47 bits per heavy atom. The fraction of sp³-hybridized carbons (Fsp3) is 0.545. The maximum Gasteiger partial charge on any atom is 0.233 e. The summed E-state index contributed by atoms with van der Waals surface area (Å²) >= 11 is 0. The van der Waals surface area contributed by atoms with Gasteiger partial charge in [-0.2, -0.15) is 0 Å². The molecule has 0 fully saturated rings. The minimum Gasteiger partial charge on any atom is -0.469 e. The minimum atomic E-state index is 0.0370. The standard InChI is InChI=1S/C11H18N2O2/c1-2-6-12-9-11(14)13-7-5-10-4-3-8-15-10/h3-4,8,12H,2,5-7,9H2,1H3,(H,13,14). The molecule has 0 unspecified atom stereocenters. The molecule has 15 heavy (non-hydrogen) atoms. The summed E-state index contributed by atoms with van der Waals surface area (Å²) in [5.74, 6) is 0.937. The fourth-order valence-corrected chi connectivity index (χ4v) is 1.22. The molecule has 84 valence electrons. The van der Waals surface area contributed by atoms with Gasteiger partial charge in [0.05, 0.1) is 12.8 Å². The van der Waals surface area contributed by atoms with Crippen LogP contribution in [-0.4, -0.2) is 25.5 Å². The van der Waals surface area contributed by atoms with Gasteiger partial charge in [-0.05, 0) is 25.1 Å². The predicted molar refractivity (Wildman–Crippen MR) is 58.6 cm³/mol. The molecule has 0 spiro atoms. The number of carbonyl (C=O) groups excluding carboxylic acids is 1. The number of furan rings is 1. The lowest BCUT2D eigenvalue weighted by atomic mass is 10.3. The highest BCUT2D eigenvalue weighted by Crippen LogP contribution is 1.99. The van der Waals surface area contributed by atoms with Crippen molar-refractivity contribution in [2.24, 2.45) is 0 Å². The number of amides is 1. The first-order chi connectivity index (χ1) is 7.33. The van der Waals surface area contributed by atoms with Crippen LogP contribution in [-0.2, 0) is 11.2 Å². The maximum absolute atomic E-state index is 11.2. The largest absolute Gasteiger partial charge is 0.469 e. The lowest BCUT2D eigenvalue weighted by Crippen LogP contribution is -2.35. The zero-order valence-corrected chi connectivity index (χ0v) is 9.08. The molecular weight excluding hydrogens is 192 g/mol. The highest BCUT2D eigenvalue weighted by molar-refractivity contribution is 5.77. The van der Waals surface area contributed by atoms with Crippen LogP contribution in [0.4, 0.5) is 0 Å². The molecule has 1 aromatic heterocycles. The molecule has 0 atom stereocenters. The maximum atomic E-state index is 11.2. The van der Waals surface area contributed by atoms with Crippen molar-refractivity contribution in [3.63, 3.8) is 0 Å². The molecule has 1 heterocycles. The smallest absolute Gasteiger partial charge is 0.233 e. The fourth-order valence-electron chi connectivity index (χ4n) is 1.22. The molecule has 4 heteroatoms. The average molecular weight is 210 g/mol. The van der Waals surface area contributed by atoms with E-state index in [0.29, 0.717) is 13.1 Å². The quantitative estimate of drug-likeness (QED) is 0.658. The van der Waals surface area contributed by atoms with Crippen LogP contribution in [0.25, 0.3) is 0 Å². The van der Waals surface area contributed by atoms with E-state index in [4.69, 9.17) is 4.42 Å². The number of carbonyl (C=O) groups is 1. The molecule has 1 aromatic rings. The monoisotopic (exact) mass is 210 g/mol. The zero-order chi connectivity index (χ0) is 10.9. The molecule has 0 bridgehead atoms. The van der Waals surface area contributed by atoms with Crippen molar-refractivity contribution in [2.75, 3.05) is 19.6 Å². The lowest BCUT2D eigenvalue weighted by molar-refractivity contribution is -0.120. The average Bonchev–Trinajstić information content (AvgIpc) is 2.71. The molecule has 1 amide bonds. The van der Waals surface area contributed by atoms with Crippen molar-refractivity contribution in [3.8, 4) is 0 Å². The Kier molecular flexibility index (Phi) is 5.55. The van der Waals surface area contributed by atoms with Gasteiger partial charge in [0.25, 0.3) is 0 Å². The first kappa shape index (κ1) is 11.8. The Bertz CT molecular complexity index is 270. The number of hydrogen-bond donors (Lipinski definition) is 2. The molecule has 0 saturated heterocycles. The van der Waals surface area contributed by atoms with E-state index in [1.165, 1.54) is 0 Å². The molecule has 0 aliphatic heterocycles. The van der Waals surface area contributed by atoms with Gasteiger partial charge >= 0.3 is 0 Å². The molecule has 0 aliphatic rings. The topological polar surface area (TPSA) is 54.3 Å². The summed E-state index contributed by atoms with van der Waals surface area (Å²) in [5.41, 5.74) is 0. The molecule has 4 nitrogen and oxygen atoms in total. The van der Waals surface area contributed by atoms with E-state index in [9.17, 15) is 4.79 Å². The van der Waals surface area contributed by atoms with Crippen LogP contribution >= 0.6 is 0 Å². The van der Waals surface area contributed by atoms with E-state index < -0.39 is 0 Å². The van der Waals surface area contributed by atoms with Crippen LogP contribution in [0.3, 0.4) is 0 Å². The second-order valence-electron chi connectivity index (χ2n) is 3.36. The SMILES string of the molecule is CCCNCC(=O)NCCc1ccco1. The third kappa shape index (κ3) is 5.22. The van der Waals surface area contributed by atoms with Gasteiger partial charge in [0.15, 0.2) is 0 Å². The van der Waals surface area contributed by atoms with Gasteiger partial charge in [-0.25, -0.2) is 0 Å². The van der Waals surface area contributed by atoms with Gasteiger partial charge in [-0.1, -0.05) is 6.92 Å². The first-order valence-electron chi connectivity index (χ1n) is 5.32. The summed E-state index contributed by atoms with van der Waals surface area (Å²) in [6.07, 6.45) is 3.42. The second-order valence-corrected chi connectivity index (χ2v) is 3.36. The van der Waals surface area contributed by atoms with E-state index in [1.54, 1.807) is 6.26 Å². The van der Waals surface area contributed by atoms with Crippen LogP contribution in [0.2, 0.25) is 0 Å². The van der Waals surface area contributed by atoms with Crippen molar-refractivity contribution < 1.29 is 9.21 Å². The van der Waals surface area contributed by atoms with Gasteiger partial charge in [0.1, 0.15) is 5.76 Å². The van der Waals surface area contributed by atoms with Crippen LogP contribution in [0.1, 0.15) is 19.1 Å². The van der Waals surface area contributed by atoms with Crippen molar-refractivity contribution in [3.05, 3.63) is 24.2 Å². The summed E-state index contributed by atoms with van der Waals surface area (Å²) in [6, 6.07) is 3.75. The van der Waals surface area contributed by atoms with Crippen molar-refractivity contribution in [1.82, 2.24) is 10.6 Å². The van der Waals surface area contributed by atoms with Gasteiger partial charge in [0.2, 0.25) is 5.91 Å². The van der Waals surface area contributed by atoms with E-state index in [2.05, 4.69) is 17.6 Å². The summed E-state index contributed by atoms with van der Waals surface area (Å²) in [6.45, 7) is 3.97. The molecular formula is C11H18N2O2. The lowest BCUT2D eigenvalue weighted by Gasteiger charge is -2.04. The predicted octanol–water partition coefficient (Wildman–Crippen LogP) is 0.938. The van der Waals surface area contributed by atoms with E-state index in [1.807, 2.05) is 12.1 Å². The Morgan fingerprint density at radius 2 is 2.33 bits per heavy atom. The van der Waals surface area contributed by atoms with Gasteiger partial charge < -0.3 is 15.1 Å². The summed E-state index contributed by atoms with van der Waals surface area (Å²) in [5, 5.41) is 5.86. The summed E-state index contributed by atoms with van der Waals surface area (Å²) in [4.78, 5) is 11.2. The van der Waals surface area contributed by atoms with Gasteiger partial charge in [-0.15, -0.1) is 0 Å². The Hall–Kier alpha value is -1.29. The van der Waals surface area contributed by atoms with Crippen LogP contribution < -0.4 is 10.6 Å². The first-order valence-corrected chi connectivity index (χ1v) is 5.32. The van der Waals surface area contributed by atoms with E-state index >= 15 is 0 Å². The number of hydrogen-bond acceptors (Lipinski definition) is 3. The second kappa shape index (κ2) is 7.06. The highest BCUT2D eigenvalue weighted by atomic mass is 16.3. The molecule has 1 rings (SSSR count). The van der Waals surface area contributed by atoms with Crippen molar-refractivity contribution in [1.29, 1.82) is 0 Å². The molecule has 0 radical (unpaired) electrons. The molecule has 0 saturated carbocycles. The summed E-state index contributed by atoms with van der Waals surface area (Å²) < 4.78 is 5.15. The summed E-state index contributed by atoms with van der Waals surface area (Å²) in [7, 11) is 0. The Labute approximate surface area is 90.0 Å². The van der Waals surface area contributed by atoms with Gasteiger partial charge in [0, 0.05) is 13.0 Å². The Morgan fingerprint density at radius 3 is 3.00 bits per heavy atom. The van der Waals surface area contributed by atoms with Crippen LogP contribution in [0.15, 0.2) is 22.8 Å². The normalized spacial score (nSPS) is 10.2. The van der Waals surface area contributed by atoms with Gasteiger partial charge in [-0.3, -0.25) is 4.79 Å². The number of nitrogens with one attached hydrogen (secondary N) is 2. The van der Waals surface area contributed by atoms with Crippen molar-refractivity contribution in [2.45, 2.75) is 19.8 Å². The van der Waals surface area contributed by atoms with Crippen molar-refractivity contribution >= 4 is 5.91 Å². The Balaban J connectivity index is 2.02. The third-order valence-electron chi connectivity index (χ3n) is 1.99. The van der Waals surface area contributed by atoms with Crippen LogP contribution in [0, 0.1) is 0 Å². The molecule has 2 N–H and O–H groups in total. The number of rotatable bonds is 7. The molecule has 0 aliphatic carbocycles. The molecule has 0 aromatic carbocycles. The zero-order valence-electron chi connectivity index (χ0n) is 9.08. The minimum absolute atomic E-state index is 0.0370.